The number of hydrogen-bond donors (Lipinski definition) is 0. The Morgan fingerprint density at radius 2 is 2.00 bits per heavy atom. The molecule has 0 amide bonds. The van der Waals surface area contributed by atoms with Crippen LogP contribution in [0.25, 0.3) is 12.2 Å². The highest BCUT2D eigenvalue weighted by Crippen LogP contribution is 2.23. The van der Waals surface area contributed by atoms with Gasteiger partial charge in [-0.3, -0.25) is 0 Å². The average Bonchev–Trinajstić information content (AvgIpc) is 2.31. The summed E-state index contributed by atoms with van der Waals surface area (Å²) in [5.41, 5.74) is 4.07. The fourth-order valence-corrected chi connectivity index (χ4v) is 1.67. The predicted octanol–water partition coefficient (Wildman–Crippen LogP) is 4.09. The molecule has 0 unspecified atom stereocenters. The number of rotatable bonds is 1. The molecule has 0 heterocycles. The van der Waals surface area contributed by atoms with Crippen molar-refractivity contribution in [1.29, 1.82) is 0 Å². The minimum Gasteiger partial charge on any atom is -0.106 e. The Balaban J connectivity index is 0.000000461. The van der Waals surface area contributed by atoms with Gasteiger partial charge < -0.3 is 0 Å². The summed E-state index contributed by atoms with van der Waals surface area (Å²) >= 11 is 0. The van der Waals surface area contributed by atoms with Gasteiger partial charge in [0.25, 0.3) is 0 Å². The molecule has 0 N–H and O–H groups in total. The molecule has 0 nitrogen and oxygen atoms in total. The van der Waals surface area contributed by atoms with E-state index in [4.69, 9.17) is 0 Å². The second-order valence-electron chi connectivity index (χ2n) is 3.07. The molecule has 0 aliphatic heterocycles. The van der Waals surface area contributed by atoms with Crippen molar-refractivity contribution in [2.45, 2.75) is 12.8 Å². The van der Waals surface area contributed by atoms with Gasteiger partial charge in [-0.25, -0.2) is 0 Å². The Hall–Kier alpha value is -1.56. The third kappa shape index (κ3) is 2.02. The second-order valence-corrected chi connectivity index (χ2v) is 3.07. The predicted molar refractivity (Wildman–Crippen MR) is 65.1 cm³/mol. The standard InChI is InChI=1S/C12H12.C2H4/c1-2-10-7-5-8-11-6-3-4-9-12(10)11;1-2/h2,4-5,7-9H,1,3,6H2;1-2H2. The Morgan fingerprint density at radius 3 is 2.71 bits per heavy atom. The molecule has 0 spiro atoms. The van der Waals surface area contributed by atoms with E-state index in [2.05, 4.69) is 50.1 Å². The Kier molecular flexibility index (Phi) is 3.93. The maximum Gasteiger partial charge on any atom is -0.0155 e. The van der Waals surface area contributed by atoms with E-state index in [1.165, 1.54) is 29.5 Å². The van der Waals surface area contributed by atoms with Gasteiger partial charge >= 0.3 is 0 Å². The van der Waals surface area contributed by atoms with Crippen molar-refractivity contribution < 1.29 is 0 Å². The zero-order chi connectivity index (χ0) is 10.4. The molecule has 0 fully saturated rings. The summed E-state index contributed by atoms with van der Waals surface area (Å²) in [7, 11) is 0. The quantitative estimate of drug-likeness (QED) is 0.577. The van der Waals surface area contributed by atoms with Crippen molar-refractivity contribution >= 4 is 12.2 Å². The summed E-state index contributed by atoms with van der Waals surface area (Å²) in [5, 5.41) is 0. The van der Waals surface area contributed by atoms with E-state index in [0.717, 1.165) is 0 Å². The fourth-order valence-electron chi connectivity index (χ4n) is 1.67. The van der Waals surface area contributed by atoms with Crippen molar-refractivity contribution in [3.63, 3.8) is 0 Å². The van der Waals surface area contributed by atoms with Crippen molar-refractivity contribution in [3.05, 3.63) is 60.7 Å². The Morgan fingerprint density at radius 1 is 1.21 bits per heavy atom. The SMILES string of the molecule is C=C.C=Cc1cccc2c1C=CCC2. The summed E-state index contributed by atoms with van der Waals surface area (Å²) in [5.74, 6) is 0. The minimum absolute atomic E-state index is 1.17. The van der Waals surface area contributed by atoms with Crippen molar-refractivity contribution in [1.82, 2.24) is 0 Å². The van der Waals surface area contributed by atoms with Crippen LogP contribution in [0.3, 0.4) is 0 Å². The number of hydrogen-bond acceptors (Lipinski definition) is 0. The van der Waals surface area contributed by atoms with Crippen LogP contribution in [0, 0.1) is 0 Å². The zero-order valence-corrected chi connectivity index (χ0v) is 8.50. The van der Waals surface area contributed by atoms with Crippen LogP contribution in [-0.4, -0.2) is 0 Å². The first-order valence-electron chi connectivity index (χ1n) is 4.82. The second kappa shape index (κ2) is 5.23. The Labute approximate surface area is 86.3 Å². The van der Waals surface area contributed by atoms with Crippen LogP contribution in [-0.2, 0) is 6.42 Å². The third-order valence-electron chi connectivity index (χ3n) is 2.31. The van der Waals surface area contributed by atoms with Gasteiger partial charge in [-0.15, -0.1) is 13.2 Å². The maximum absolute atomic E-state index is 3.81. The van der Waals surface area contributed by atoms with Crippen LogP contribution in [0.15, 0.2) is 44.0 Å². The highest BCUT2D eigenvalue weighted by molar-refractivity contribution is 5.68. The van der Waals surface area contributed by atoms with E-state index in [1.807, 2.05) is 6.08 Å². The molecule has 1 aromatic rings. The maximum atomic E-state index is 3.81. The molecule has 72 valence electrons. The van der Waals surface area contributed by atoms with E-state index < -0.39 is 0 Å². The normalized spacial score (nSPS) is 12.3. The lowest BCUT2D eigenvalue weighted by molar-refractivity contribution is 0.985. The molecule has 2 rings (SSSR count). The van der Waals surface area contributed by atoms with Crippen LogP contribution in [0.2, 0.25) is 0 Å². The highest BCUT2D eigenvalue weighted by atomic mass is 14.1. The van der Waals surface area contributed by atoms with Crippen molar-refractivity contribution in [3.8, 4) is 0 Å². The van der Waals surface area contributed by atoms with Gasteiger partial charge in [0.1, 0.15) is 0 Å². The van der Waals surface area contributed by atoms with Crippen molar-refractivity contribution in [2.75, 3.05) is 0 Å². The number of aryl methyl sites for hydroxylation is 1. The minimum atomic E-state index is 1.17. The molecular weight excluding hydrogens is 168 g/mol. The van der Waals surface area contributed by atoms with E-state index in [0.29, 0.717) is 0 Å². The van der Waals surface area contributed by atoms with Crippen LogP contribution in [0.5, 0.6) is 0 Å². The highest BCUT2D eigenvalue weighted by Gasteiger charge is 2.05. The first kappa shape index (κ1) is 10.5. The van der Waals surface area contributed by atoms with Gasteiger partial charge in [-0.2, -0.15) is 0 Å². The van der Waals surface area contributed by atoms with Crippen LogP contribution in [0.1, 0.15) is 23.1 Å². The van der Waals surface area contributed by atoms with Crippen molar-refractivity contribution in [2.24, 2.45) is 0 Å². The molecule has 0 radical (unpaired) electrons. The monoisotopic (exact) mass is 184 g/mol. The first-order valence-corrected chi connectivity index (χ1v) is 4.82. The van der Waals surface area contributed by atoms with E-state index in [1.54, 1.807) is 0 Å². The molecule has 0 saturated carbocycles. The number of allylic oxidation sites excluding steroid dienone is 1. The van der Waals surface area contributed by atoms with Crippen LogP contribution < -0.4 is 0 Å². The van der Waals surface area contributed by atoms with Crippen LogP contribution in [0.4, 0.5) is 0 Å². The average molecular weight is 184 g/mol. The summed E-state index contributed by atoms with van der Waals surface area (Å²) in [6.45, 7) is 9.81. The van der Waals surface area contributed by atoms with Gasteiger partial charge in [-0.1, -0.05) is 43.0 Å². The lowest BCUT2D eigenvalue weighted by atomic mass is 9.93. The topological polar surface area (TPSA) is 0 Å². The molecule has 0 atom stereocenters. The van der Waals surface area contributed by atoms with Gasteiger partial charge in [0.05, 0.1) is 0 Å². The number of fused-ring (bicyclic) bond motifs is 1. The summed E-state index contributed by atoms with van der Waals surface area (Å²) in [6, 6.07) is 6.42. The lowest BCUT2D eigenvalue weighted by Gasteiger charge is -2.12. The Bertz CT molecular complexity index is 345. The van der Waals surface area contributed by atoms with Crippen LogP contribution >= 0.6 is 0 Å². The molecule has 0 aromatic heterocycles. The lowest BCUT2D eigenvalue weighted by Crippen LogP contribution is -1.95. The molecule has 0 heteroatoms. The molecule has 0 saturated heterocycles. The largest absolute Gasteiger partial charge is 0.106 e. The summed E-state index contributed by atoms with van der Waals surface area (Å²) < 4.78 is 0. The summed E-state index contributed by atoms with van der Waals surface area (Å²) in [4.78, 5) is 0. The van der Waals surface area contributed by atoms with E-state index in [9.17, 15) is 0 Å². The molecule has 1 aliphatic rings. The van der Waals surface area contributed by atoms with E-state index in [-0.39, 0.29) is 0 Å². The smallest absolute Gasteiger partial charge is 0.0155 e. The third-order valence-corrected chi connectivity index (χ3v) is 2.31. The molecule has 0 bridgehead atoms. The molecule has 1 aromatic carbocycles. The molecule has 14 heavy (non-hydrogen) atoms. The summed E-state index contributed by atoms with van der Waals surface area (Å²) in [6.07, 6.45) is 8.71. The number of benzene rings is 1. The molecular formula is C14H16. The van der Waals surface area contributed by atoms with Gasteiger partial charge in [0, 0.05) is 0 Å². The van der Waals surface area contributed by atoms with Gasteiger partial charge in [0.15, 0.2) is 0 Å². The van der Waals surface area contributed by atoms with Gasteiger partial charge in [0.2, 0.25) is 0 Å². The van der Waals surface area contributed by atoms with E-state index >= 15 is 0 Å². The first-order chi connectivity index (χ1) is 6.92. The zero-order valence-electron chi connectivity index (χ0n) is 8.50. The fraction of sp³-hybridized carbons (Fsp3) is 0.143. The van der Waals surface area contributed by atoms with Gasteiger partial charge in [-0.05, 0) is 29.5 Å². The molecule has 1 aliphatic carbocycles.